The lowest BCUT2D eigenvalue weighted by molar-refractivity contribution is 0.181. The molecule has 1 radical (unpaired) electrons. The fourth-order valence-electron chi connectivity index (χ4n) is 0.813. The Morgan fingerprint density at radius 2 is 2.21 bits per heavy atom. The standard InChI is InChI=1S/C11H7N2O/c1-2-6-14-13-9-11-5-3-4-10(7-11)8-12/h1,3-5,7H,6H2. The molecule has 0 aliphatic carbocycles. The third-order valence-electron chi connectivity index (χ3n) is 1.38. The number of nitrogens with zero attached hydrogens (tertiary/aromatic N) is 2. The van der Waals surface area contributed by atoms with Gasteiger partial charge in [-0.1, -0.05) is 23.2 Å². The van der Waals surface area contributed by atoms with Gasteiger partial charge in [-0.3, -0.25) is 0 Å². The van der Waals surface area contributed by atoms with Crippen molar-refractivity contribution in [3.05, 3.63) is 35.4 Å². The van der Waals surface area contributed by atoms with Crippen molar-refractivity contribution in [3.8, 4) is 18.4 Å². The highest BCUT2D eigenvalue weighted by atomic mass is 16.6. The SMILES string of the molecule is C#CCON=[C]c1cccc(C#N)c1. The summed E-state index contributed by atoms with van der Waals surface area (Å²) < 4.78 is 0. The van der Waals surface area contributed by atoms with Crippen LogP contribution in [0.3, 0.4) is 0 Å². The van der Waals surface area contributed by atoms with Crippen LogP contribution in [0.25, 0.3) is 0 Å². The van der Waals surface area contributed by atoms with Crippen LogP contribution in [-0.2, 0) is 4.84 Å². The van der Waals surface area contributed by atoms with Gasteiger partial charge in [-0.05, 0) is 12.1 Å². The number of nitriles is 1. The Labute approximate surface area is 82.6 Å². The topological polar surface area (TPSA) is 45.4 Å². The summed E-state index contributed by atoms with van der Waals surface area (Å²) in [6.45, 7) is 0.116. The first-order valence-electron chi connectivity index (χ1n) is 3.88. The van der Waals surface area contributed by atoms with E-state index in [2.05, 4.69) is 22.1 Å². The Hall–Kier alpha value is -2.26. The van der Waals surface area contributed by atoms with E-state index < -0.39 is 0 Å². The number of hydrogen-bond acceptors (Lipinski definition) is 3. The lowest BCUT2D eigenvalue weighted by atomic mass is 10.1. The highest BCUT2D eigenvalue weighted by Gasteiger charge is 1.91. The van der Waals surface area contributed by atoms with Crippen LogP contribution in [0.15, 0.2) is 29.4 Å². The molecule has 0 unspecified atom stereocenters. The molecule has 3 nitrogen and oxygen atoms in total. The van der Waals surface area contributed by atoms with Gasteiger partial charge < -0.3 is 4.84 Å². The third-order valence-corrected chi connectivity index (χ3v) is 1.38. The van der Waals surface area contributed by atoms with Crippen LogP contribution in [0.2, 0.25) is 0 Å². The lowest BCUT2D eigenvalue weighted by Gasteiger charge is -1.92. The van der Waals surface area contributed by atoms with E-state index in [9.17, 15) is 0 Å². The Bertz CT molecular complexity index is 410. The molecular formula is C11H7N2O. The lowest BCUT2D eigenvalue weighted by Crippen LogP contribution is -1.86. The number of benzene rings is 1. The zero-order valence-electron chi connectivity index (χ0n) is 7.40. The summed E-state index contributed by atoms with van der Waals surface area (Å²) in [5, 5.41) is 12.1. The largest absolute Gasteiger partial charge is 0.382 e. The average Bonchev–Trinajstić information content (AvgIpc) is 2.25. The van der Waals surface area contributed by atoms with Gasteiger partial charge >= 0.3 is 0 Å². The minimum absolute atomic E-state index is 0.116. The molecule has 67 valence electrons. The molecule has 0 amide bonds. The van der Waals surface area contributed by atoms with Gasteiger partial charge in [-0.2, -0.15) is 5.26 Å². The Morgan fingerprint density at radius 3 is 2.93 bits per heavy atom. The molecule has 0 aromatic heterocycles. The number of hydrogen-bond donors (Lipinski definition) is 0. The van der Waals surface area contributed by atoms with Gasteiger partial charge in [0.05, 0.1) is 11.6 Å². The molecule has 0 spiro atoms. The maximum atomic E-state index is 8.61. The Balaban J connectivity index is 2.64. The molecule has 1 aromatic carbocycles. The van der Waals surface area contributed by atoms with Crippen molar-refractivity contribution in [3.63, 3.8) is 0 Å². The highest BCUT2D eigenvalue weighted by molar-refractivity contribution is 5.79. The quantitative estimate of drug-likeness (QED) is 0.308. The van der Waals surface area contributed by atoms with E-state index >= 15 is 0 Å². The van der Waals surface area contributed by atoms with E-state index in [1.807, 2.05) is 6.07 Å². The summed E-state index contributed by atoms with van der Waals surface area (Å²) in [4.78, 5) is 4.66. The van der Waals surface area contributed by atoms with Crippen molar-refractivity contribution in [1.29, 1.82) is 5.26 Å². The van der Waals surface area contributed by atoms with E-state index in [0.29, 0.717) is 11.1 Å². The number of terminal acetylenes is 1. The third kappa shape index (κ3) is 3.00. The van der Waals surface area contributed by atoms with E-state index in [1.54, 1.807) is 24.3 Å². The predicted molar refractivity (Wildman–Crippen MR) is 52.5 cm³/mol. The van der Waals surface area contributed by atoms with E-state index in [-0.39, 0.29) is 6.61 Å². The van der Waals surface area contributed by atoms with Crippen LogP contribution in [0.4, 0.5) is 0 Å². The summed E-state index contributed by atoms with van der Waals surface area (Å²) in [5.41, 5.74) is 1.24. The van der Waals surface area contributed by atoms with E-state index in [0.717, 1.165) is 0 Å². The Morgan fingerprint density at radius 1 is 1.43 bits per heavy atom. The fourth-order valence-corrected chi connectivity index (χ4v) is 0.813. The van der Waals surface area contributed by atoms with Gasteiger partial charge in [0.1, 0.15) is 6.21 Å². The monoisotopic (exact) mass is 183 g/mol. The fraction of sp³-hybridized carbons (Fsp3) is 0.0909. The first-order valence-corrected chi connectivity index (χ1v) is 3.88. The molecule has 0 saturated carbocycles. The maximum Gasteiger partial charge on any atom is 0.177 e. The summed E-state index contributed by atoms with van der Waals surface area (Å²) >= 11 is 0. The van der Waals surface area contributed by atoms with Crippen LogP contribution in [0, 0.1) is 23.7 Å². The first kappa shape index (κ1) is 9.83. The number of rotatable bonds is 3. The predicted octanol–water partition coefficient (Wildman–Crippen LogP) is 1.42. The van der Waals surface area contributed by atoms with Gasteiger partial charge in [-0.15, -0.1) is 6.42 Å². The van der Waals surface area contributed by atoms with Crippen LogP contribution >= 0.6 is 0 Å². The molecule has 0 fully saturated rings. The summed E-state index contributed by atoms with van der Waals surface area (Å²) in [5.74, 6) is 2.27. The molecule has 0 atom stereocenters. The average molecular weight is 183 g/mol. The van der Waals surface area contributed by atoms with Gasteiger partial charge in [0.25, 0.3) is 0 Å². The van der Waals surface area contributed by atoms with Gasteiger partial charge in [0, 0.05) is 5.56 Å². The second kappa shape index (κ2) is 5.40. The van der Waals surface area contributed by atoms with Crippen molar-refractivity contribution in [1.82, 2.24) is 0 Å². The summed E-state index contributed by atoms with van der Waals surface area (Å²) in [6, 6.07) is 8.89. The van der Waals surface area contributed by atoms with Crippen molar-refractivity contribution in [2.24, 2.45) is 5.16 Å². The Kier molecular flexibility index (Phi) is 3.79. The van der Waals surface area contributed by atoms with E-state index in [1.165, 1.54) is 0 Å². The molecule has 14 heavy (non-hydrogen) atoms. The molecule has 0 bridgehead atoms. The highest BCUT2D eigenvalue weighted by Crippen LogP contribution is 2.01. The van der Waals surface area contributed by atoms with Crippen LogP contribution in [-0.4, -0.2) is 12.8 Å². The molecule has 0 heterocycles. The van der Waals surface area contributed by atoms with Gasteiger partial charge in [0.2, 0.25) is 0 Å². The second-order valence-corrected chi connectivity index (χ2v) is 2.37. The molecule has 0 aliphatic rings. The molecular weight excluding hydrogens is 176 g/mol. The minimum atomic E-state index is 0.116. The van der Waals surface area contributed by atoms with Crippen LogP contribution in [0.1, 0.15) is 11.1 Å². The molecule has 1 aromatic rings. The summed E-state index contributed by atoms with van der Waals surface area (Å²) in [7, 11) is 0. The zero-order valence-corrected chi connectivity index (χ0v) is 7.40. The second-order valence-electron chi connectivity index (χ2n) is 2.37. The van der Waals surface area contributed by atoms with Gasteiger partial charge in [0.15, 0.2) is 6.61 Å². The minimum Gasteiger partial charge on any atom is -0.382 e. The smallest absolute Gasteiger partial charge is 0.177 e. The maximum absolute atomic E-state index is 8.61. The zero-order chi connectivity index (χ0) is 10.2. The molecule has 0 aliphatic heterocycles. The van der Waals surface area contributed by atoms with Crippen molar-refractivity contribution >= 4 is 6.21 Å². The molecule has 0 saturated heterocycles. The van der Waals surface area contributed by atoms with Crippen molar-refractivity contribution < 1.29 is 4.84 Å². The van der Waals surface area contributed by atoms with E-state index in [4.69, 9.17) is 11.7 Å². The van der Waals surface area contributed by atoms with Crippen molar-refractivity contribution in [2.75, 3.05) is 6.61 Å². The first-order chi connectivity index (χ1) is 6.86. The van der Waals surface area contributed by atoms with Crippen LogP contribution in [0.5, 0.6) is 0 Å². The summed E-state index contributed by atoms with van der Waals surface area (Å²) in [6.07, 6.45) is 7.56. The normalized spacial score (nSPS) is 9.29. The van der Waals surface area contributed by atoms with Crippen LogP contribution < -0.4 is 0 Å². The molecule has 1 rings (SSSR count). The molecule has 0 N–H and O–H groups in total. The van der Waals surface area contributed by atoms with Crippen molar-refractivity contribution in [2.45, 2.75) is 0 Å². The molecule has 3 heteroatoms. The van der Waals surface area contributed by atoms with Gasteiger partial charge in [-0.25, -0.2) is 0 Å².